The number of anilines is 1. The number of thiazole rings is 1. The van der Waals surface area contributed by atoms with Crippen LogP contribution < -0.4 is 15.6 Å². The van der Waals surface area contributed by atoms with Crippen LogP contribution in [0.5, 0.6) is 5.75 Å². The number of methoxy groups -OCH3 is 1. The van der Waals surface area contributed by atoms with Gasteiger partial charge < -0.3 is 10.1 Å². The molecule has 1 unspecified atom stereocenters. The number of nitrogens with zero attached hydrogens (tertiary/aromatic N) is 2. The summed E-state index contributed by atoms with van der Waals surface area (Å²) in [5.74, 6) is 0.278. The minimum absolute atomic E-state index is 0.236. The van der Waals surface area contributed by atoms with E-state index in [1.54, 1.807) is 19.2 Å². The Morgan fingerprint density at radius 3 is 2.68 bits per heavy atom. The Balaban J connectivity index is 1.72. The molecule has 2 aromatic carbocycles. The summed E-state index contributed by atoms with van der Waals surface area (Å²) in [5.41, 5.74) is 3.02. The van der Waals surface area contributed by atoms with E-state index in [2.05, 4.69) is 10.3 Å². The molecule has 0 aliphatic heterocycles. The molecule has 0 saturated heterocycles. The van der Waals surface area contributed by atoms with Crippen molar-refractivity contribution in [1.82, 2.24) is 9.55 Å². The van der Waals surface area contributed by atoms with Crippen LogP contribution in [0.3, 0.4) is 0 Å². The van der Waals surface area contributed by atoms with Crippen LogP contribution in [0.2, 0.25) is 0 Å². The summed E-state index contributed by atoms with van der Waals surface area (Å²) in [6.07, 6.45) is 0.443. The Bertz CT molecular complexity index is 1290. The lowest BCUT2D eigenvalue weighted by atomic mass is 10.1. The number of ether oxygens (including phenoxy) is 1. The van der Waals surface area contributed by atoms with Gasteiger partial charge in [-0.2, -0.15) is 0 Å². The van der Waals surface area contributed by atoms with Gasteiger partial charge in [-0.15, -0.1) is 11.3 Å². The number of fused-ring (bicyclic) bond motifs is 1. The third-order valence-electron chi connectivity index (χ3n) is 5.27. The topological polar surface area (TPSA) is 73.2 Å². The van der Waals surface area contributed by atoms with Crippen molar-refractivity contribution < 1.29 is 9.53 Å². The van der Waals surface area contributed by atoms with Gasteiger partial charge in [0.15, 0.2) is 5.13 Å². The normalized spacial score (nSPS) is 12.0. The van der Waals surface area contributed by atoms with Crippen LogP contribution in [0.15, 0.2) is 64.8 Å². The molecular formula is C24H23N3O3S. The van der Waals surface area contributed by atoms with Crippen LogP contribution in [0.4, 0.5) is 5.13 Å². The summed E-state index contributed by atoms with van der Waals surface area (Å²) in [7, 11) is 1.56. The number of hydrogen-bond donors (Lipinski definition) is 1. The standard InChI is InChI=1S/C24H23N3O3S/c1-4-19(23(29)26-24-25-18(14-31-24)16-9-6-5-7-10-16)27-21(28)13-15(2)17-11-8-12-20(30-3)22(17)27/h5-14,19H,4H2,1-3H3,(H,25,26,29). The van der Waals surface area contributed by atoms with Gasteiger partial charge >= 0.3 is 0 Å². The van der Waals surface area contributed by atoms with Crippen molar-refractivity contribution in [3.63, 3.8) is 0 Å². The van der Waals surface area contributed by atoms with Gasteiger partial charge in [-0.3, -0.25) is 14.2 Å². The van der Waals surface area contributed by atoms with Gasteiger partial charge in [0.2, 0.25) is 5.91 Å². The maximum absolute atomic E-state index is 13.2. The van der Waals surface area contributed by atoms with Crippen LogP contribution in [0, 0.1) is 6.92 Å². The quantitative estimate of drug-likeness (QED) is 0.463. The highest BCUT2D eigenvalue weighted by Crippen LogP contribution is 2.30. The number of carbonyl (C=O) groups excluding carboxylic acids is 1. The predicted octanol–water partition coefficient (Wildman–Crippen LogP) is 5.03. The molecule has 7 heteroatoms. The molecule has 1 N–H and O–H groups in total. The van der Waals surface area contributed by atoms with Gasteiger partial charge in [0.1, 0.15) is 11.8 Å². The Hall–Kier alpha value is -3.45. The van der Waals surface area contributed by atoms with Gasteiger partial charge in [-0.1, -0.05) is 49.4 Å². The average molecular weight is 434 g/mol. The van der Waals surface area contributed by atoms with E-state index in [0.29, 0.717) is 22.8 Å². The van der Waals surface area contributed by atoms with Gasteiger partial charge in [-0.25, -0.2) is 4.98 Å². The first-order valence-electron chi connectivity index (χ1n) is 10.0. The molecule has 0 aliphatic rings. The van der Waals surface area contributed by atoms with Crippen molar-refractivity contribution in [3.05, 3.63) is 75.9 Å². The summed E-state index contributed by atoms with van der Waals surface area (Å²) in [6.45, 7) is 3.77. The molecule has 0 aliphatic carbocycles. The molecule has 1 amide bonds. The summed E-state index contributed by atoms with van der Waals surface area (Å²) >= 11 is 1.36. The molecule has 6 nitrogen and oxygen atoms in total. The monoisotopic (exact) mass is 433 g/mol. The number of nitrogens with one attached hydrogen (secondary N) is 1. The molecule has 2 aromatic heterocycles. The largest absolute Gasteiger partial charge is 0.495 e. The van der Waals surface area contributed by atoms with E-state index in [1.807, 2.05) is 61.7 Å². The summed E-state index contributed by atoms with van der Waals surface area (Å²) in [6, 6.07) is 16.3. The van der Waals surface area contributed by atoms with E-state index >= 15 is 0 Å². The first kappa shape index (κ1) is 20.8. The highest BCUT2D eigenvalue weighted by atomic mass is 32.1. The van der Waals surface area contributed by atoms with E-state index in [4.69, 9.17) is 4.74 Å². The predicted molar refractivity (Wildman–Crippen MR) is 125 cm³/mol. The Labute approximate surface area is 184 Å². The van der Waals surface area contributed by atoms with E-state index in [9.17, 15) is 9.59 Å². The molecule has 0 fully saturated rings. The molecule has 31 heavy (non-hydrogen) atoms. The van der Waals surface area contributed by atoms with E-state index in [-0.39, 0.29) is 11.5 Å². The smallest absolute Gasteiger partial charge is 0.252 e. The number of carbonyl (C=O) groups is 1. The molecule has 4 aromatic rings. The van der Waals surface area contributed by atoms with Gasteiger partial charge in [0.25, 0.3) is 5.56 Å². The van der Waals surface area contributed by atoms with Crippen molar-refractivity contribution in [2.24, 2.45) is 0 Å². The number of aromatic nitrogens is 2. The van der Waals surface area contributed by atoms with Gasteiger partial charge in [0.05, 0.1) is 18.3 Å². The zero-order chi connectivity index (χ0) is 22.0. The molecule has 2 heterocycles. The van der Waals surface area contributed by atoms with Crippen molar-refractivity contribution in [2.45, 2.75) is 26.3 Å². The molecule has 0 spiro atoms. The number of para-hydroxylation sites is 1. The zero-order valence-electron chi connectivity index (χ0n) is 17.6. The average Bonchev–Trinajstić information content (AvgIpc) is 3.25. The van der Waals surface area contributed by atoms with Crippen molar-refractivity contribution >= 4 is 33.3 Å². The SMILES string of the molecule is CCC(C(=O)Nc1nc(-c2ccccc2)cs1)n1c(=O)cc(C)c2cccc(OC)c21. The van der Waals surface area contributed by atoms with Crippen LogP contribution in [0.1, 0.15) is 24.9 Å². The van der Waals surface area contributed by atoms with Gasteiger partial charge in [0, 0.05) is 22.4 Å². The van der Waals surface area contributed by atoms with E-state index in [1.165, 1.54) is 15.9 Å². The van der Waals surface area contributed by atoms with E-state index < -0.39 is 6.04 Å². The number of amides is 1. The highest BCUT2D eigenvalue weighted by molar-refractivity contribution is 7.14. The lowest BCUT2D eigenvalue weighted by Crippen LogP contribution is -2.33. The second kappa shape index (κ2) is 8.73. The number of benzene rings is 2. The van der Waals surface area contributed by atoms with Crippen molar-refractivity contribution in [1.29, 1.82) is 0 Å². The molecule has 0 bridgehead atoms. The number of rotatable bonds is 6. The Kier molecular flexibility index (Phi) is 5.86. The number of pyridine rings is 1. The molecule has 4 rings (SSSR count). The fourth-order valence-corrected chi connectivity index (χ4v) is 4.48. The summed E-state index contributed by atoms with van der Waals surface area (Å²) in [5, 5.41) is 6.18. The molecule has 1 atom stereocenters. The van der Waals surface area contributed by atoms with E-state index in [0.717, 1.165) is 22.2 Å². The summed E-state index contributed by atoms with van der Waals surface area (Å²) < 4.78 is 7.05. The first-order chi connectivity index (χ1) is 15.0. The molecule has 0 saturated carbocycles. The van der Waals surface area contributed by atoms with Crippen LogP contribution in [-0.4, -0.2) is 22.6 Å². The maximum Gasteiger partial charge on any atom is 0.252 e. The number of hydrogen-bond acceptors (Lipinski definition) is 5. The summed E-state index contributed by atoms with van der Waals surface area (Å²) in [4.78, 5) is 30.7. The Morgan fingerprint density at radius 1 is 1.19 bits per heavy atom. The minimum atomic E-state index is -0.698. The second-order valence-electron chi connectivity index (χ2n) is 7.21. The molecule has 0 radical (unpaired) electrons. The highest BCUT2D eigenvalue weighted by Gasteiger charge is 2.24. The fraction of sp³-hybridized carbons (Fsp3) is 0.208. The maximum atomic E-state index is 13.2. The van der Waals surface area contributed by atoms with Crippen LogP contribution >= 0.6 is 11.3 Å². The zero-order valence-corrected chi connectivity index (χ0v) is 18.4. The number of aryl methyl sites for hydroxylation is 1. The third-order valence-corrected chi connectivity index (χ3v) is 6.02. The lowest BCUT2D eigenvalue weighted by Gasteiger charge is -2.21. The van der Waals surface area contributed by atoms with Crippen molar-refractivity contribution in [3.8, 4) is 17.0 Å². The minimum Gasteiger partial charge on any atom is -0.495 e. The third kappa shape index (κ3) is 3.96. The van der Waals surface area contributed by atoms with Gasteiger partial charge in [-0.05, 0) is 25.0 Å². The van der Waals surface area contributed by atoms with Crippen LogP contribution in [0.25, 0.3) is 22.2 Å². The lowest BCUT2D eigenvalue weighted by molar-refractivity contribution is -0.119. The fourth-order valence-electron chi connectivity index (χ4n) is 3.75. The van der Waals surface area contributed by atoms with Crippen LogP contribution in [-0.2, 0) is 4.79 Å². The molecular weight excluding hydrogens is 410 g/mol. The Morgan fingerprint density at radius 2 is 1.97 bits per heavy atom. The molecule has 158 valence electrons. The second-order valence-corrected chi connectivity index (χ2v) is 8.07. The first-order valence-corrected chi connectivity index (χ1v) is 10.9. The van der Waals surface area contributed by atoms with Crippen molar-refractivity contribution in [2.75, 3.05) is 12.4 Å².